The van der Waals surface area contributed by atoms with Gasteiger partial charge in [0.25, 0.3) is 11.8 Å². The highest BCUT2D eigenvalue weighted by atomic mass is 16.4. The Bertz CT molecular complexity index is 1150. The fourth-order valence-corrected chi connectivity index (χ4v) is 3.63. The van der Waals surface area contributed by atoms with Crippen molar-refractivity contribution in [3.05, 3.63) is 77.4 Å². The molecule has 3 aromatic rings. The molecular weight excluding hydrogens is 384 g/mol. The maximum atomic E-state index is 12.8. The molecule has 0 spiro atoms. The van der Waals surface area contributed by atoms with E-state index >= 15 is 0 Å². The SMILES string of the molecule is O=C(CCCN1C(=O)c2cccc3cccc(c23)C1=O)Nc1cccc(C(=O)O)c1. The quantitative estimate of drug-likeness (QED) is 0.614. The largest absolute Gasteiger partial charge is 0.478 e. The first-order valence-corrected chi connectivity index (χ1v) is 9.47. The van der Waals surface area contributed by atoms with Gasteiger partial charge in [0.15, 0.2) is 0 Å². The van der Waals surface area contributed by atoms with Crippen LogP contribution in [0.1, 0.15) is 43.9 Å². The first-order chi connectivity index (χ1) is 14.5. The molecule has 1 aliphatic rings. The lowest BCUT2D eigenvalue weighted by molar-refractivity contribution is -0.116. The van der Waals surface area contributed by atoms with Gasteiger partial charge in [0.1, 0.15) is 0 Å². The Hall–Kier alpha value is -4.00. The number of carbonyl (C=O) groups excluding carboxylic acids is 3. The highest BCUT2D eigenvalue weighted by Crippen LogP contribution is 2.30. The van der Waals surface area contributed by atoms with Crippen LogP contribution in [0.15, 0.2) is 60.7 Å². The van der Waals surface area contributed by atoms with Crippen LogP contribution in [0.4, 0.5) is 5.69 Å². The fraction of sp³-hybridized carbons (Fsp3) is 0.130. The topological polar surface area (TPSA) is 104 Å². The number of aromatic carboxylic acids is 1. The summed E-state index contributed by atoms with van der Waals surface area (Å²) in [7, 11) is 0. The van der Waals surface area contributed by atoms with Crippen molar-refractivity contribution >= 4 is 40.2 Å². The van der Waals surface area contributed by atoms with E-state index in [1.807, 2.05) is 12.1 Å². The van der Waals surface area contributed by atoms with Crippen LogP contribution in [0.5, 0.6) is 0 Å². The number of carbonyl (C=O) groups is 4. The van der Waals surface area contributed by atoms with E-state index in [0.29, 0.717) is 28.6 Å². The molecule has 7 heteroatoms. The Morgan fingerprint density at radius 3 is 2.17 bits per heavy atom. The summed E-state index contributed by atoms with van der Waals surface area (Å²) in [6.45, 7) is 0.116. The minimum absolute atomic E-state index is 0.0742. The molecule has 1 aliphatic heterocycles. The van der Waals surface area contributed by atoms with E-state index < -0.39 is 5.97 Å². The number of nitrogens with one attached hydrogen (secondary N) is 1. The molecule has 0 unspecified atom stereocenters. The van der Waals surface area contributed by atoms with E-state index in [0.717, 1.165) is 5.39 Å². The maximum absolute atomic E-state index is 12.8. The van der Waals surface area contributed by atoms with Gasteiger partial charge in [-0.15, -0.1) is 0 Å². The summed E-state index contributed by atoms with van der Waals surface area (Å²) >= 11 is 0. The van der Waals surface area contributed by atoms with Gasteiger partial charge < -0.3 is 10.4 Å². The second kappa shape index (κ2) is 7.79. The molecule has 0 fully saturated rings. The molecule has 0 radical (unpaired) electrons. The molecule has 0 aliphatic carbocycles. The maximum Gasteiger partial charge on any atom is 0.335 e. The zero-order valence-electron chi connectivity index (χ0n) is 15.9. The van der Waals surface area contributed by atoms with Crippen molar-refractivity contribution in [1.82, 2.24) is 4.90 Å². The lowest BCUT2D eigenvalue weighted by Crippen LogP contribution is -2.41. The van der Waals surface area contributed by atoms with Crippen molar-refractivity contribution in [3.8, 4) is 0 Å². The number of hydrogen-bond acceptors (Lipinski definition) is 4. The fourth-order valence-electron chi connectivity index (χ4n) is 3.63. The van der Waals surface area contributed by atoms with Crippen molar-refractivity contribution in [1.29, 1.82) is 0 Å². The predicted octanol–water partition coefficient (Wildman–Crippen LogP) is 3.55. The van der Waals surface area contributed by atoms with Gasteiger partial charge in [-0.3, -0.25) is 19.3 Å². The normalized spacial score (nSPS) is 12.9. The zero-order valence-corrected chi connectivity index (χ0v) is 15.9. The van der Waals surface area contributed by atoms with Gasteiger partial charge in [0.05, 0.1) is 5.56 Å². The highest BCUT2D eigenvalue weighted by molar-refractivity contribution is 6.25. The van der Waals surface area contributed by atoms with Crippen molar-refractivity contribution < 1.29 is 24.3 Å². The molecule has 0 bridgehead atoms. The molecule has 3 aromatic carbocycles. The van der Waals surface area contributed by atoms with E-state index in [1.165, 1.54) is 17.0 Å². The Balaban J connectivity index is 1.41. The Morgan fingerprint density at radius 2 is 1.53 bits per heavy atom. The minimum atomic E-state index is -1.08. The summed E-state index contributed by atoms with van der Waals surface area (Å²) < 4.78 is 0. The van der Waals surface area contributed by atoms with Crippen LogP contribution >= 0.6 is 0 Å². The average Bonchev–Trinajstić information content (AvgIpc) is 2.74. The smallest absolute Gasteiger partial charge is 0.335 e. The first-order valence-electron chi connectivity index (χ1n) is 9.47. The lowest BCUT2D eigenvalue weighted by atomic mass is 9.94. The molecule has 1 heterocycles. The molecule has 3 amide bonds. The van der Waals surface area contributed by atoms with Gasteiger partial charge in [-0.2, -0.15) is 0 Å². The third kappa shape index (κ3) is 3.53. The van der Waals surface area contributed by atoms with Gasteiger partial charge in [0.2, 0.25) is 5.91 Å². The number of anilines is 1. The van der Waals surface area contributed by atoms with Crippen LogP contribution in [-0.4, -0.2) is 40.2 Å². The van der Waals surface area contributed by atoms with E-state index in [9.17, 15) is 19.2 Å². The molecule has 0 aromatic heterocycles. The van der Waals surface area contributed by atoms with Crippen molar-refractivity contribution in [2.24, 2.45) is 0 Å². The number of hydrogen-bond donors (Lipinski definition) is 2. The van der Waals surface area contributed by atoms with Crippen molar-refractivity contribution in [3.63, 3.8) is 0 Å². The lowest BCUT2D eigenvalue weighted by Gasteiger charge is -2.27. The summed E-state index contributed by atoms with van der Waals surface area (Å²) in [6, 6.07) is 16.6. The van der Waals surface area contributed by atoms with Gasteiger partial charge in [0, 0.05) is 35.2 Å². The van der Waals surface area contributed by atoms with Crippen LogP contribution < -0.4 is 5.32 Å². The molecule has 30 heavy (non-hydrogen) atoms. The number of carboxylic acids is 1. The van der Waals surface area contributed by atoms with Crippen LogP contribution in [-0.2, 0) is 4.79 Å². The van der Waals surface area contributed by atoms with Crippen LogP contribution in [0, 0.1) is 0 Å². The minimum Gasteiger partial charge on any atom is -0.478 e. The van der Waals surface area contributed by atoms with Crippen LogP contribution in [0.3, 0.4) is 0 Å². The number of carboxylic acid groups (broad SMARTS) is 1. The highest BCUT2D eigenvalue weighted by Gasteiger charge is 2.32. The Kier molecular flexibility index (Phi) is 5.02. The Morgan fingerprint density at radius 1 is 0.900 bits per heavy atom. The number of benzene rings is 3. The molecular formula is C23H18N2O5. The third-order valence-corrected chi connectivity index (χ3v) is 5.03. The summed E-state index contributed by atoms with van der Waals surface area (Å²) in [5.74, 6) is -2.13. The van der Waals surface area contributed by atoms with Crippen molar-refractivity contribution in [2.45, 2.75) is 12.8 Å². The summed E-state index contributed by atoms with van der Waals surface area (Å²) in [4.78, 5) is 50.1. The predicted molar refractivity (Wildman–Crippen MR) is 111 cm³/mol. The zero-order chi connectivity index (χ0) is 21.3. The molecule has 150 valence electrons. The summed E-state index contributed by atoms with van der Waals surface area (Å²) in [5.41, 5.74) is 1.42. The van der Waals surface area contributed by atoms with E-state index in [-0.39, 0.29) is 36.3 Å². The van der Waals surface area contributed by atoms with E-state index in [1.54, 1.807) is 36.4 Å². The molecule has 0 atom stereocenters. The van der Waals surface area contributed by atoms with Gasteiger partial charge in [-0.05, 0) is 42.1 Å². The van der Waals surface area contributed by atoms with E-state index in [2.05, 4.69) is 5.32 Å². The molecule has 0 saturated heterocycles. The first kappa shape index (κ1) is 19.3. The molecule has 0 saturated carbocycles. The average molecular weight is 402 g/mol. The number of imide groups is 1. The van der Waals surface area contributed by atoms with Gasteiger partial charge in [-0.25, -0.2) is 4.79 Å². The van der Waals surface area contributed by atoms with Crippen molar-refractivity contribution in [2.75, 3.05) is 11.9 Å². The molecule has 2 N–H and O–H groups in total. The van der Waals surface area contributed by atoms with Crippen LogP contribution in [0.2, 0.25) is 0 Å². The molecule has 7 nitrogen and oxygen atoms in total. The van der Waals surface area contributed by atoms with E-state index in [4.69, 9.17) is 5.11 Å². The number of amides is 3. The van der Waals surface area contributed by atoms with Crippen LogP contribution in [0.25, 0.3) is 10.8 Å². The van der Waals surface area contributed by atoms with Gasteiger partial charge >= 0.3 is 5.97 Å². The monoisotopic (exact) mass is 402 g/mol. The third-order valence-electron chi connectivity index (χ3n) is 5.03. The molecule has 4 rings (SSSR count). The summed E-state index contributed by atoms with van der Waals surface area (Å²) in [5, 5.41) is 13.2. The standard InChI is InChI=1S/C23H18N2O5/c26-19(24-16-8-1-7-15(13-16)23(29)30)11-4-12-25-21(27)17-9-2-5-14-6-3-10-18(20(14)17)22(25)28/h1-3,5-10,13H,4,11-12H2,(H,24,26)(H,29,30). The van der Waals surface area contributed by atoms with Gasteiger partial charge in [-0.1, -0.05) is 30.3 Å². The number of nitrogens with zero attached hydrogens (tertiary/aromatic N) is 1. The second-order valence-corrected chi connectivity index (χ2v) is 7.01. The second-order valence-electron chi connectivity index (χ2n) is 7.01. The summed E-state index contributed by atoms with van der Waals surface area (Å²) in [6.07, 6.45) is 0.375. The number of rotatable bonds is 6. The Labute approximate surface area is 171 Å².